The van der Waals surface area contributed by atoms with Crippen LogP contribution in [0.4, 0.5) is 0 Å². The Hall–Kier alpha value is 0.550. The molecule has 0 aromatic carbocycles. The monoisotopic (exact) mass is 205 g/mol. The van der Waals surface area contributed by atoms with Crippen LogP contribution in [-0.2, 0) is 9.84 Å². The first kappa shape index (κ1) is 13.2. The van der Waals surface area contributed by atoms with E-state index in [0.717, 1.165) is 0 Å². The summed E-state index contributed by atoms with van der Waals surface area (Å²) in [6.07, 6.45) is 1.17. The van der Waals surface area contributed by atoms with Crippen molar-refractivity contribution < 1.29 is 8.42 Å². The minimum absolute atomic E-state index is 0. The molecule has 0 amide bonds. The van der Waals surface area contributed by atoms with E-state index in [-0.39, 0.29) is 19.0 Å². The molecule has 2 N–H and O–H groups in total. The third kappa shape index (κ3) is 4.38. The third-order valence-electron chi connectivity index (χ3n) is 1.07. The molecule has 10 heavy (non-hydrogen) atoms. The fourth-order valence-electron chi connectivity index (χ4n) is 0.385. The van der Waals surface area contributed by atoms with Crippen molar-refractivity contribution in [2.45, 2.75) is 5.25 Å². The van der Waals surface area contributed by atoms with E-state index in [0.29, 0.717) is 5.75 Å². The topological polar surface area (TPSA) is 60.2 Å². The summed E-state index contributed by atoms with van der Waals surface area (Å²) < 4.78 is 21.3. The fraction of sp³-hybridized carbons (Fsp3) is 1.00. The molecule has 0 rings (SSSR count). The molecule has 0 bridgehead atoms. The highest BCUT2D eigenvalue weighted by atomic mass is 35.5. The summed E-state index contributed by atoms with van der Waals surface area (Å²) in [5, 5.41) is -0.485. The zero-order chi connectivity index (χ0) is 7.49. The van der Waals surface area contributed by atoms with Gasteiger partial charge in [-0.2, -0.15) is 12.6 Å². The maximum atomic E-state index is 10.7. The predicted molar refractivity (Wildman–Crippen MR) is 48.8 cm³/mol. The van der Waals surface area contributed by atoms with Crippen LogP contribution in [0.15, 0.2) is 0 Å². The molecule has 0 saturated heterocycles. The SMILES string of the molecule is CS(=O)(=O)C(CN)CS.Cl. The van der Waals surface area contributed by atoms with Crippen LogP contribution in [0, 0.1) is 0 Å². The Labute approximate surface area is 73.1 Å². The lowest BCUT2D eigenvalue weighted by atomic mass is 10.5. The number of thiol groups is 1. The first-order chi connectivity index (χ1) is 4.02. The van der Waals surface area contributed by atoms with Crippen LogP contribution in [0.1, 0.15) is 0 Å². The van der Waals surface area contributed by atoms with Crippen molar-refractivity contribution in [3.05, 3.63) is 0 Å². The van der Waals surface area contributed by atoms with Gasteiger partial charge in [0.1, 0.15) is 0 Å². The maximum absolute atomic E-state index is 10.7. The van der Waals surface area contributed by atoms with Gasteiger partial charge in [-0.15, -0.1) is 12.4 Å². The molecule has 0 fully saturated rings. The highest BCUT2D eigenvalue weighted by Gasteiger charge is 2.15. The van der Waals surface area contributed by atoms with Gasteiger partial charge >= 0.3 is 0 Å². The molecule has 0 aliphatic carbocycles. The van der Waals surface area contributed by atoms with Crippen molar-refractivity contribution >= 4 is 34.9 Å². The zero-order valence-corrected chi connectivity index (χ0v) is 8.18. The molecule has 0 radical (unpaired) electrons. The number of nitrogens with two attached hydrogens (primary N) is 1. The molecule has 0 aliphatic rings. The van der Waals surface area contributed by atoms with Gasteiger partial charge in [-0.25, -0.2) is 8.42 Å². The number of halogens is 1. The molecule has 64 valence electrons. The Morgan fingerprint density at radius 3 is 2.00 bits per heavy atom. The lowest BCUT2D eigenvalue weighted by Gasteiger charge is -2.06. The van der Waals surface area contributed by atoms with Crippen molar-refractivity contribution in [1.29, 1.82) is 0 Å². The van der Waals surface area contributed by atoms with Crippen LogP contribution < -0.4 is 5.73 Å². The summed E-state index contributed by atoms with van der Waals surface area (Å²) in [6, 6.07) is 0. The molecule has 0 heterocycles. The average Bonchev–Trinajstić information content (AvgIpc) is 1.65. The fourth-order valence-corrected chi connectivity index (χ4v) is 1.97. The smallest absolute Gasteiger partial charge is 0.152 e. The normalized spacial score (nSPS) is 13.9. The number of rotatable bonds is 3. The molecular formula is C4H12ClNO2S2. The van der Waals surface area contributed by atoms with E-state index < -0.39 is 15.1 Å². The van der Waals surface area contributed by atoms with Crippen molar-refractivity contribution in [3.8, 4) is 0 Å². The van der Waals surface area contributed by atoms with Crippen molar-refractivity contribution in [2.75, 3.05) is 18.6 Å². The quantitative estimate of drug-likeness (QED) is 0.623. The molecule has 1 atom stereocenters. The minimum atomic E-state index is -2.97. The van der Waals surface area contributed by atoms with E-state index in [2.05, 4.69) is 12.6 Å². The highest BCUT2D eigenvalue weighted by Crippen LogP contribution is 1.97. The Kier molecular flexibility index (Phi) is 6.89. The van der Waals surface area contributed by atoms with Gasteiger partial charge in [0.05, 0.1) is 5.25 Å². The van der Waals surface area contributed by atoms with E-state index in [1.807, 2.05) is 0 Å². The summed E-state index contributed by atoms with van der Waals surface area (Å²) >= 11 is 3.83. The number of sulfone groups is 1. The second kappa shape index (κ2) is 5.23. The molecule has 0 spiro atoms. The Bertz CT molecular complexity index is 164. The second-order valence-corrected chi connectivity index (χ2v) is 4.56. The first-order valence-electron chi connectivity index (χ1n) is 2.52. The molecule has 0 aliphatic heterocycles. The zero-order valence-electron chi connectivity index (χ0n) is 5.65. The number of hydrogen-bond donors (Lipinski definition) is 2. The van der Waals surface area contributed by atoms with Gasteiger partial charge in [0.25, 0.3) is 0 Å². The summed E-state index contributed by atoms with van der Waals surface area (Å²) in [7, 11) is -2.97. The molecule has 0 aromatic rings. The Morgan fingerprint density at radius 1 is 1.60 bits per heavy atom. The van der Waals surface area contributed by atoms with Gasteiger partial charge < -0.3 is 5.73 Å². The van der Waals surface area contributed by atoms with Gasteiger partial charge in [-0.1, -0.05) is 0 Å². The molecule has 0 saturated carbocycles. The van der Waals surface area contributed by atoms with Crippen LogP contribution in [-0.4, -0.2) is 32.2 Å². The summed E-state index contributed by atoms with van der Waals surface area (Å²) in [4.78, 5) is 0. The van der Waals surface area contributed by atoms with Crippen LogP contribution in [0.2, 0.25) is 0 Å². The maximum Gasteiger partial charge on any atom is 0.152 e. The lowest BCUT2D eigenvalue weighted by Crippen LogP contribution is -2.30. The van der Waals surface area contributed by atoms with Crippen molar-refractivity contribution in [2.24, 2.45) is 5.73 Å². The third-order valence-corrected chi connectivity index (χ3v) is 3.33. The Morgan fingerprint density at radius 2 is 2.00 bits per heavy atom. The average molecular weight is 206 g/mol. The van der Waals surface area contributed by atoms with E-state index in [1.165, 1.54) is 6.26 Å². The summed E-state index contributed by atoms with van der Waals surface area (Å²) in [5.74, 6) is 0.301. The standard InChI is InChI=1S/C4H11NO2S2.ClH/c1-9(6,7)4(2-5)3-8;/h4,8H,2-3,5H2,1H3;1H. The molecule has 3 nitrogen and oxygen atoms in total. The van der Waals surface area contributed by atoms with Crippen LogP contribution in [0.5, 0.6) is 0 Å². The van der Waals surface area contributed by atoms with E-state index in [4.69, 9.17) is 5.73 Å². The Balaban J connectivity index is 0. The first-order valence-corrected chi connectivity index (χ1v) is 5.11. The van der Waals surface area contributed by atoms with E-state index in [1.54, 1.807) is 0 Å². The molecular weight excluding hydrogens is 194 g/mol. The minimum Gasteiger partial charge on any atom is -0.329 e. The number of hydrogen-bond acceptors (Lipinski definition) is 4. The van der Waals surface area contributed by atoms with Crippen molar-refractivity contribution in [3.63, 3.8) is 0 Å². The highest BCUT2D eigenvalue weighted by molar-refractivity contribution is 7.92. The van der Waals surface area contributed by atoms with Gasteiger partial charge in [-0.3, -0.25) is 0 Å². The molecule has 6 heteroatoms. The van der Waals surface area contributed by atoms with Gasteiger partial charge in [-0.05, 0) is 0 Å². The summed E-state index contributed by atoms with van der Waals surface area (Å²) in [6.45, 7) is 0.155. The van der Waals surface area contributed by atoms with Crippen LogP contribution in [0.25, 0.3) is 0 Å². The molecule has 0 aromatic heterocycles. The predicted octanol–water partition coefficient (Wildman–Crippen LogP) is -0.290. The van der Waals surface area contributed by atoms with E-state index >= 15 is 0 Å². The second-order valence-electron chi connectivity index (χ2n) is 1.87. The summed E-state index contributed by atoms with van der Waals surface area (Å²) in [5.41, 5.74) is 5.14. The van der Waals surface area contributed by atoms with Gasteiger partial charge in [0.2, 0.25) is 0 Å². The largest absolute Gasteiger partial charge is 0.329 e. The van der Waals surface area contributed by atoms with Crippen LogP contribution >= 0.6 is 25.0 Å². The lowest BCUT2D eigenvalue weighted by molar-refractivity contribution is 0.591. The van der Waals surface area contributed by atoms with Crippen molar-refractivity contribution in [1.82, 2.24) is 0 Å². The van der Waals surface area contributed by atoms with E-state index in [9.17, 15) is 8.42 Å². The van der Waals surface area contributed by atoms with Crippen LogP contribution in [0.3, 0.4) is 0 Å². The molecule has 1 unspecified atom stereocenters. The van der Waals surface area contributed by atoms with Gasteiger partial charge in [0, 0.05) is 18.6 Å². The van der Waals surface area contributed by atoms with Gasteiger partial charge in [0.15, 0.2) is 9.84 Å².